The lowest BCUT2D eigenvalue weighted by atomic mass is 10.0. The van der Waals surface area contributed by atoms with Crippen molar-refractivity contribution in [1.29, 1.82) is 0 Å². The first-order valence-corrected chi connectivity index (χ1v) is 4.55. The molecular weight excluding hydrogens is 150 g/mol. The first-order chi connectivity index (χ1) is 5.75. The molecule has 1 fully saturated rings. The summed E-state index contributed by atoms with van der Waals surface area (Å²) in [5.74, 6) is 2.34. The van der Waals surface area contributed by atoms with E-state index < -0.39 is 0 Å². The molecule has 2 rings (SSSR count). The van der Waals surface area contributed by atoms with Crippen LogP contribution < -0.4 is 5.73 Å². The molecule has 1 aliphatic rings. The second kappa shape index (κ2) is 2.81. The molecule has 3 nitrogen and oxygen atoms in total. The molecule has 0 radical (unpaired) electrons. The summed E-state index contributed by atoms with van der Waals surface area (Å²) in [6, 6.07) is 1.93. The molecule has 0 bridgehead atoms. The summed E-state index contributed by atoms with van der Waals surface area (Å²) in [4.78, 5) is 0. The summed E-state index contributed by atoms with van der Waals surface area (Å²) in [6.45, 7) is 2.30. The van der Waals surface area contributed by atoms with Crippen LogP contribution in [0.3, 0.4) is 0 Å². The van der Waals surface area contributed by atoms with E-state index in [0.717, 1.165) is 18.3 Å². The number of nitrogens with one attached hydrogen (secondary N) is 1. The highest BCUT2D eigenvalue weighted by molar-refractivity contribution is 5.28. The van der Waals surface area contributed by atoms with Crippen LogP contribution in [0.1, 0.15) is 25.5 Å². The molecule has 1 aromatic heterocycles. The van der Waals surface area contributed by atoms with Crippen LogP contribution in [0, 0.1) is 11.8 Å². The first-order valence-electron chi connectivity index (χ1n) is 4.55. The van der Waals surface area contributed by atoms with Gasteiger partial charge in [-0.15, -0.1) is 0 Å². The summed E-state index contributed by atoms with van der Waals surface area (Å²) >= 11 is 0. The molecule has 1 unspecified atom stereocenters. The first kappa shape index (κ1) is 7.65. The topological polar surface area (TPSA) is 54.7 Å². The van der Waals surface area contributed by atoms with Crippen LogP contribution in [-0.2, 0) is 6.42 Å². The minimum absolute atomic E-state index is 0.605. The molecule has 66 valence electrons. The number of rotatable bonds is 3. The Morgan fingerprint density at radius 2 is 2.50 bits per heavy atom. The van der Waals surface area contributed by atoms with Gasteiger partial charge in [-0.05, 0) is 31.1 Å². The Balaban J connectivity index is 1.93. The van der Waals surface area contributed by atoms with Crippen LogP contribution in [0.5, 0.6) is 0 Å². The summed E-state index contributed by atoms with van der Waals surface area (Å²) in [7, 11) is 0. The van der Waals surface area contributed by atoms with Gasteiger partial charge in [0.15, 0.2) is 0 Å². The second-order valence-electron chi connectivity index (χ2n) is 3.84. The SMILES string of the molecule is CC(Cc1cc(N)n[nH]1)C1CC1. The van der Waals surface area contributed by atoms with Crippen molar-refractivity contribution in [1.82, 2.24) is 10.2 Å². The van der Waals surface area contributed by atoms with Gasteiger partial charge >= 0.3 is 0 Å². The normalized spacial score (nSPS) is 19.4. The molecule has 3 heteroatoms. The van der Waals surface area contributed by atoms with E-state index in [4.69, 9.17) is 5.73 Å². The summed E-state index contributed by atoms with van der Waals surface area (Å²) in [6.07, 6.45) is 3.91. The maximum Gasteiger partial charge on any atom is 0.145 e. The third-order valence-electron chi connectivity index (χ3n) is 2.62. The van der Waals surface area contributed by atoms with E-state index in [1.54, 1.807) is 0 Å². The van der Waals surface area contributed by atoms with Crippen molar-refractivity contribution >= 4 is 5.82 Å². The molecule has 1 saturated carbocycles. The fraction of sp³-hybridized carbons (Fsp3) is 0.667. The van der Waals surface area contributed by atoms with E-state index in [9.17, 15) is 0 Å². The van der Waals surface area contributed by atoms with Gasteiger partial charge in [0.05, 0.1) is 0 Å². The van der Waals surface area contributed by atoms with E-state index in [2.05, 4.69) is 17.1 Å². The number of aromatic nitrogens is 2. The highest BCUT2D eigenvalue weighted by Crippen LogP contribution is 2.37. The Morgan fingerprint density at radius 1 is 1.75 bits per heavy atom. The third kappa shape index (κ3) is 1.60. The molecule has 0 saturated heterocycles. The summed E-state index contributed by atoms with van der Waals surface area (Å²) < 4.78 is 0. The van der Waals surface area contributed by atoms with Gasteiger partial charge in [0, 0.05) is 11.8 Å². The Labute approximate surface area is 72.4 Å². The molecule has 0 aromatic carbocycles. The minimum Gasteiger partial charge on any atom is -0.382 e. The predicted molar refractivity (Wildman–Crippen MR) is 48.6 cm³/mol. The number of nitrogens with two attached hydrogens (primary N) is 1. The van der Waals surface area contributed by atoms with E-state index in [0.29, 0.717) is 5.82 Å². The molecule has 1 aliphatic carbocycles. The van der Waals surface area contributed by atoms with E-state index in [1.165, 1.54) is 18.5 Å². The fourth-order valence-electron chi connectivity index (χ4n) is 1.66. The number of hydrogen-bond donors (Lipinski definition) is 2. The smallest absolute Gasteiger partial charge is 0.145 e. The molecule has 0 aliphatic heterocycles. The highest BCUT2D eigenvalue weighted by atomic mass is 15.1. The molecule has 1 atom stereocenters. The lowest BCUT2D eigenvalue weighted by Crippen LogP contribution is -2.01. The monoisotopic (exact) mass is 165 g/mol. The van der Waals surface area contributed by atoms with E-state index in [1.807, 2.05) is 6.07 Å². The molecule has 12 heavy (non-hydrogen) atoms. The number of aromatic amines is 1. The van der Waals surface area contributed by atoms with Crippen molar-refractivity contribution < 1.29 is 0 Å². The van der Waals surface area contributed by atoms with Crippen LogP contribution in [-0.4, -0.2) is 10.2 Å². The third-order valence-corrected chi connectivity index (χ3v) is 2.62. The average Bonchev–Trinajstić information content (AvgIpc) is 2.78. The number of H-pyrrole nitrogens is 1. The molecule has 1 heterocycles. The van der Waals surface area contributed by atoms with Gasteiger partial charge < -0.3 is 5.73 Å². The van der Waals surface area contributed by atoms with Gasteiger partial charge in [-0.25, -0.2) is 0 Å². The van der Waals surface area contributed by atoms with Crippen molar-refractivity contribution in [2.45, 2.75) is 26.2 Å². The van der Waals surface area contributed by atoms with Crippen LogP contribution in [0.15, 0.2) is 6.07 Å². The van der Waals surface area contributed by atoms with Gasteiger partial charge in [-0.1, -0.05) is 6.92 Å². The number of anilines is 1. The molecule has 1 aromatic rings. The zero-order valence-corrected chi connectivity index (χ0v) is 7.38. The Bertz CT molecular complexity index is 262. The quantitative estimate of drug-likeness (QED) is 0.714. The highest BCUT2D eigenvalue weighted by Gasteiger charge is 2.27. The lowest BCUT2D eigenvalue weighted by Gasteiger charge is -2.06. The van der Waals surface area contributed by atoms with Crippen LogP contribution >= 0.6 is 0 Å². The standard InChI is InChI=1S/C9H15N3/c1-6(7-2-3-7)4-8-5-9(10)12-11-8/h5-7H,2-4H2,1H3,(H3,10,11,12). The van der Waals surface area contributed by atoms with Gasteiger partial charge in [-0.3, -0.25) is 5.10 Å². The maximum absolute atomic E-state index is 5.50. The Kier molecular flexibility index (Phi) is 1.79. The van der Waals surface area contributed by atoms with Gasteiger partial charge in [0.1, 0.15) is 5.82 Å². The Morgan fingerprint density at radius 3 is 3.00 bits per heavy atom. The minimum atomic E-state index is 0.605. The molecule has 3 N–H and O–H groups in total. The molecular formula is C9H15N3. The van der Waals surface area contributed by atoms with E-state index >= 15 is 0 Å². The molecule has 0 spiro atoms. The largest absolute Gasteiger partial charge is 0.382 e. The average molecular weight is 165 g/mol. The number of nitrogens with zero attached hydrogens (tertiary/aromatic N) is 1. The van der Waals surface area contributed by atoms with Crippen LogP contribution in [0.2, 0.25) is 0 Å². The zero-order chi connectivity index (χ0) is 8.55. The van der Waals surface area contributed by atoms with Crippen LogP contribution in [0.25, 0.3) is 0 Å². The second-order valence-corrected chi connectivity index (χ2v) is 3.84. The lowest BCUT2D eigenvalue weighted by molar-refractivity contribution is 0.500. The van der Waals surface area contributed by atoms with Crippen molar-refractivity contribution in [3.8, 4) is 0 Å². The van der Waals surface area contributed by atoms with Crippen molar-refractivity contribution in [3.63, 3.8) is 0 Å². The van der Waals surface area contributed by atoms with Crippen molar-refractivity contribution in [2.75, 3.05) is 5.73 Å². The molecule has 0 amide bonds. The summed E-state index contributed by atoms with van der Waals surface area (Å²) in [5.41, 5.74) is 6.68. The predicted octanol–water partition coefficient (Wildman–Crippen LogP) is 1.58. The number of hydrogen-bond acceptors (Lipinski definition) is 2. The van der Waals surface area contributed by atoms with E-state index in [-0.39, 0.29) is 0 Å². The number of nitrogen functional groups attached to an aromatic ring is 1. The summed E-state index contributed by atoms with van der Waals surface area (Å²) in [5, 5.41) is 6.85. The van der Waals surface area contributed by atoms with Crippen molar-refractivity contribution in [2.24, 2.45) is 11.8 Å². The van der Waals surface area contributed by atoms with Gasteiger partial charge in [-0.2, -0.15) is 5.10 Å². The fourth-order valence-corrected chi connectivity index (χ4v) is 1.66. The maximum atomic E-state index is 5.50. The Hall–Kier alpha value is -0.990. The zero-order valence-electron chi connectivity index (χ0n) is 7.38. The van der Waals surface area contributed by atoms with Gasteiger partial charge in [0.2, 0.25) is 0 Å². The van der Waals surface area contributed by atoms with Crippen molar-refractivity contribution in [3.05, 3.63) is 11.8 Å². The van der Waals surface area contributed by atoms with Crippen LogP contribution in [0.4, 0.5) is 5.82 Å². The van der Waals surface area contributed by atoms with Gasteiger partial charge in [0.25, 0.3) is 0 Å².